The molecule has 0 spiro atoms. The Balaban J connectivity index is 1.69. The third-order valence-electron chi connectivity index (χ3n) is 4.31. The summed E-state index contributed by atoms with van der Waals surface area (Å²) >= 11 is 11.9. The molecule has 1 saturated heterocycles. The third kappa shape index (κ3) is 3.38. The van der Waals surface area contributed by atoms with E-state index in [-0.39, 0.29) is 40.1 Å². The van der Waals surface area contributed by atoms with Gasteiger partial charge in [-0.25, -0.2) is 4.39 Å². The van der Waals surface area contributed by atoms with Crippen molar-refractivity contribution in [2.24, 2.45) is 7.05 Å². The Hall–Kier alpha value is -2.56. The van der Waals surface area contributed by atoms with Crippen LogP contribution in [0.4, 0.5) is 4.39 Å². The Bertz CT molecular complexity index is 990. The first-order valence-electron chi connectivity index (χ1n) is 7.92. The normalized spacial score (nSPS) is 15.0. The van der Waals surface area contributed by atoms with Gasteiger partial charge < -0.3 is 10.2 Å². The van der Waals surface area contributed by atoms with E-state index >= 15 is 0 Å². The van der Waals surface area contributed by atoms with Crippen LogP contribution >= 0.6 is 23.2 Å². The fourth-order valence-electron chi connectivity index (χ4n) is 2.95. The summed E-state index contributed by atoms with van der Waals surface area (Å²) in [6.45, 7) is 2.17. The van der Waals surface area contributed by atoms with Crippen LogP contribution < -0.4 is 5.32 Å². The van der Waals surface area contributed by atoms with E-state index in [2.05, 4.69) is 16.3 Å². The van der Waals surface area contributed by atoms with Crippen LogP contribution in [0.1, 0.15) is 33.3 Å². The van der Waals surface area contributed by atoms with Crippen LogP contribution in [0.5, 0.6) is 0 Å². The minimum absolute atomic E-state index is 0.00272. The summed E-state index contributed by atoms with van der Waals surface area (Å²) in [7, 11) is 1.56. The minimum Gasteiger partial charge on any atom is -0.342 e. The molecule has 0 aliphatic carbocycles. The van der Waals surface area contributed by atoms with Crippen LogP contribution in [0, 0.1) is 18.2 Å². The highest BCUT2D eigenvalue weighted by atomic mass is 35.5. The van der Waals surface area contributed by atoms with Gasteiger partial charge in [0.25, 0.3) is 11.8 Å². The molecule has 1 fully saturated rings. The molecule has 1 aromatic heterocycles. The Morgan fingerprint density at radius 2 is 2.04 bits per heavy atom. The van der Waals surface area contributed by atoms with Gasteiger partial charge in [-0.15, -0.1) is 6.42 Å². The number of terminal acetylenes is 1. The van der Waals surface area contributed by atoms with Crippen LogP contribution in [0.25, 0.3) is 0 Å². The van der Waals surface area contributed by atoms with E-state index in [1.165, 1.54) is 27.8 Å². The van der Waals surface area contributed by atoms with Crippen molar-refractivity contribution in [2.75, 3.05) is 13.1 Å². The van der Waals surface area contributed by atoms with Crippen LogP contribution in [-0.4, -0.2) is 45.1 Å². The van der Waals surface area contributed by atoms with Crippen molar-refractivity contribution in [3.63, 3.8) is 0 Å². The Kier molecular flexibility index (Phi) is 4.89. The number of likely N-dealkylation sites (tertiary alicyclic amines) is 1. The second kappa shape index (κ2) is 6.87. The van der Waals surface area contributed by atoms with Gasteiger partial charge in [0.05, 0.1) is 16.7 Å². The average molecular weight is 409 g/mol. The maximum atomic E-state index is 14.3. The van der Waals surface area contributed by atoms with Gasteiger partial charge >= 0.3 is 0 Å². The molecular formula is C18H15Cl2FN4O2. The van der Waals surface area contributed by atoms with Gasteiger partial charge in [-0.05, 0) is 19.1 Å². The second-order valence-electron chi connectivity index (χ2n) is 6.56. The smallest absolute Gasteiger partial charge is 0.273 e. The first-order valence-corrected chi connectivity index (χ1v) is 8.67. The molecule has 1 N–H and O–H groups in total. The molecule has 2 aromatic rings. The van der Waals surface area contributed by atoms with Crippen molar-refractivity contribution < 1.29 is 14.0 Å². The Labute approximate surface area is 165 Å². The van der Waals surface area contributed by atoms with Crippen molar-refractivity contribution >= 4 is 35.0 Å². The quantitative estimate of drug-likeness (QED) is 0.793. The van der Waals surface area contributed by atoms with Crippen molar-refractivity contribution in [1.82, 2.24) is 20.0 Å². The van der Waals surface area contributed by atoms with Crippen molar-refractivity contribution in [2.45, 2.75) is 12.5 Å². The van der Waals surface area contributed by atoms with Crippen LogP contribution in [0.3, 0.4) is 0 Å². The van der Waals surface area contributed by atoms with E-state index in [1.54, 1.807) is 14.0 Å². The van der Waals surface area contributed by atoms with Gasteiger partial charge in [0.2, 0.25) is 0 Å². The first-order chi connectivity index (χ1) is 12.7. The van der Waals surface area contributed by atoms with Gasteiger partial charge in [-0.1, -0.05) is 35.2 Å². The molecule has 0 bridgehead atoms. The van der Waals surface area contributed by atoms with E-state index in [0.29, 0.717) is 0 Å². The zero-order chi connectivity index (χ0) is 19.9. The predicted molar refractivity (Wildman–Crippen MR) is 99.3 cm³/mol. The summed E-state index contributed by atoms with van der Waals surface area (Å²) in [4.78, 5) is 26.3. The summed E-state index contributed by atoms with van der Waals surface area (Å²) in [5.74, 6) is 0.486. The molecule has 0 saturated carbocycles. The largest absolute Gasteiger partial charge is 0.342 e. The molecule has 27 heavy (non-hydrogen) atoms. The molecule has 1 aliphatic rings. The lowest BCUT2D eigenvalue weighted by molar-refractivity contribution is 0.0326. The lowest BCUT2D eigenvalue weighted by Gasteiger charge is -2.48. The number of carbonyl (C=O) groups excluding carboxylic acids is 2. The van der Waals surface area contributed by atoms with Gasteiger partial charge in [0.1, 0.15) is 10.2 Å². The van der Waals surface area contributed by atoms with Crippen LogP contribution in [0.2, 0.25) is 10.2 Å². The number of nitrogens with one attached hydrogen (secondary N) is 1. The lowest BCUT2D eigenvalue weighted by atomic mass is 9.91. The molecule has 3 rings (SSSR count). The summed E-state index contributed by atoms with van der Waals surface area (Å²) in [5.41, 5.74) is -0.763. The van der Waals surface area contributed by atoms with E-state index < -0.39 is 23.2 Å². The molecule has 0 unspecified atom stereocenters. The predicted octanol–water partition coefficient (Wildman–Crippen LogP) is 2.49. The van der Waals surface area contributed by atoms with Gasteiger partial charge in [0, 0.05) is 20.1 Å². The van der Waals surface area contributed by atoms with Crippen molar-refractivity contribution in [1.29, 1.82) is 0 Å². The fraction of sp³-hybridized carbons (Fsp3) is 0.278. The first kappa shape index (κ1) is 19.2. The van der Waals surface area contributed by atoms with Crippen molar-refractivity contribution in [3.8, 4) is 12.3 Å². The zero-order valence-electron chi connectivity index (χ0n) is 14.5. The van der Waals surface area contributed by atoms with Crippen LogP contribution in [0.15, 0.2) is 18.2 Å². The minimum atomic E-state index is -0.724. The molecular weight excluding hydrogens is 394 g/mol. The molecule has 140 valence electrons. The fourth-order valence-corrected chi connectivity index (χ4v) is 3.33. The lowest BCUT2D eigenvalue weighted by Crippen LogP contribution is -2.69. The summed E-state index contributed by atoms with van der Waals surface area (Å²) in [6, 6.07) is 4.33. The monoisotopic (exact) mass is 408 g/mol. The Morgan fingerprint density at radius 3 is 2.59 bits per heavy atom. The number of hydrogen-bond donors (Lipinski definition) is 1. The third-order valence-corrected chi connectivity index (χ3v) is 5.19. The van der Waals surface area contributed by atoms with Gasteiger partial charge in [-0.3, -0.25) is 14.3 Å². The molecule has 1 aliphatic heterocycles. The topological polar surface area (TPSA) is 67.2 Å². The number of carbonyl (C=O) groups is 2. The number of benzene rings is 1. The zero-order valence-corrected chi connectivity index (χ0v) is 16.0. The molecule has 1 aromatic carbocycles. The number of amides is 2. The number of aromatic nitrogens is 2. The standard InChI is InChI=1S/C18H15Cl2FN4O2/c1-4-10-6-5-7-11(13(10)21)17(27)25-8-18(2,9-25)22-16(26)14-12(19)15(20)24(3)23-14/h1,5-7H,8-9H2,2-3H3,(H,22,26). The van der Waals surface area contributed by atoms with E-state index in [9.17, 15) is 14.0 Å². The number of halogens is 3. The van der Waals surface area contributed by atoms with Gasteiger partial charge in [-0.2, -0.15) is 5.10 Å². The second-order valence-corrected chi connectivity index (χ2v) is 7.30. The maximum Gasteiger partial charge on any atom is 0.273 e. The molecule has 2 amide bonds. The van der Waals surface area contributed by atoms with Gasteiger partial charge in [0.15, 0.2) is 11.5 Å². The number of aryl methyl sites for hydroxylation is 1. The molecule has 2 heterocycles. The number of hydrogen-bond acceptors (Lipinski definition) is 3. The van der Waals surface area contributed by atoms with Crippen LogP contribution in [-0.2, 0) is 7.05 Å². The van der Waals surface area contributed by atoms with E-state index in [1.807, 2.05) is 0 Å². The van der Waals surface area contributed by atoms with Crippen molar-refractivity contribution in [3.05, 3.63) is 51.0 Å². The summed E-state index contributed by atoms with van der Waals surface area (Å²) in [6.07, 6.45) is 5.23. The molecule has 6 nitrogen and oxygen atoms in total. The highest BCUT2D eigenvalue weighted by Gasteiger charge is 2.44. The summed E-state index contributed by atoms with van der Waals surface area (Å²) in [5, 5.41) is 6.97. The maximum absolute atomic E-state index is 14.3. The molecule has 0 radical (unpaired) electrons. The highest BCUT2D eigenvalue weighted by molar-refractivity contribution is 6.43. The SMILES string of the molecule is C#Cc1cccc(C(=O)N2CC(C)(NC(=O)c3nn(C)c(Cl)c3Cl)C2)c1F. The molecule has 9 heteroatoms. The summed E-state index contributed by atoms with van der Waals surface area (Å²) < 4.78 is 15.5. The molecule has 0 atom stereocenters. The highest BCUT2D eigenvalue weighted by Crippen LogP contribution is 2.28. The van der Waals surface area contributed by atoms with E-state index in [4.69, 9.17) is 29.6 Å². The number of nitrogens with zero attached hydrogens (tertiary/aromatic N) is 3. The Morgan fingerprint density at radius 1 is 1.37 bits per heavy atom. The number of rotatable bonds is 3. The van der Waals surface area contributed by atoms with E-state index in [0.717, 1.165) is 0 Å². The average Bonchev–Trinajstić information content (AvgIpc) is 2.86.